The molecule has 23 heavy (non-hydrogen) atoms. The maximum Gasteiger partial charge on any atom is 0.330 e. The molecule has 0 radical (unpaired) electrons. The highest BCUT2D eigenvalue weighted by Gasteiger charge is 2.19. The van der Waals surface area contributed by atoms with Crippen molar-refractivity contribution in [1.82, 2.24) is 13.7 Å². The van der Waals surface area contributed by atoms with Crippen LogP contribution in [0.2, 0.25) is 0 Å². The molecule has 0 amide bonds. The highest BCUT2D eigenvalue weighted by Crippen LogP contribution is 2.28. The van der Waals surface area contributed by atoms with Crippen LogP contribution >= 0.6 is 0 Å². The van der Waals surface area contributed by atoms with Crippen LogP contribution in [-0.4, -0.2) is 25.4 Å². The van der Waals surface area contributed by atoms with Gasteiger partial charge in [0.15, 0.2) is 0 Å². The van der Waals surface area contributed by atoms with Crippen LogP contribution in [0.4, 0.5) is 4.39 Å². The van der Waals surface area contributed by atoms with Gasteiger partial charge in [0.25, 0.3) is 5.56 Å². The number of aromatic nitrogens is 3. The molecule has 6 nitrogen and oxygen atoms in total. The summed E-state index contributed by atoms with van der Waals surface area (Å²) in [7, 11) is 3.00. The van der Waals surface area contributed by atoms with Crippen molar-refractivity contribution in [2.24, 2.45) is 14.1 Å². The second-order valence-electron chi connectivity index (χ2n) is 5.37. The Bertz CT molecular complexity index is 997. The molecule has 0 aliphatic carbocycles. The fraction of sp³-hybridized carbons (Fsp3) is 0.250. The molecular formula is C16H16FN3O3. The molecular weight excluding hydrogens is 301 g/mol. The van der Waals surface area contributed by atoms with Crippen molar-refractivity contribution >= 4 is 10.9 Å². The summed E-state index contributed by atoms with van der Waals surface area (Å²) in [5.41, 5.74) is 0.843. The smallest absolute Gasteiger partial charge is 0.330 e. The summed E-state index contributed by atoms with van der Waals surface area (Å²) in [4.78, 5) is 24.7. The fourth-order valence-electron chi connectivity index (χ4n) is 2.79. The normalized spacial score (nSPS) is 11.3. The van der Waals surface area contributed by atoms with E-state index in [1.807, 2.05) is 0 Å². The first-order valence-electron chi connectivity index (χ1n) is 7.11. The lowest BCUT2D eigenvalue weighted by Gasteiger charge is -2.08. The number of rotatable bonds is 3. The summed E-state index contributed by atoms with van der Waals surface area (Å²) in [6.07, 6.45) is 1.66. The second-order valence-corrected chi connectivity index (χ2v) is 5.37. The number of aliphatic hydroxyl groups is 1. The summed E-state index contributed by atoms with van der Waals surface area (Å²) >= 11 is 0. The van der Waals surface area contributed by atoms with Crippen LogP contribution in [0.15, 0.2) is 40.1 Å². The lowest BCUT2D eigenvalue weighted by Crippen LogP contribution is -2.36. The van der Waals surface area contributed by atoms with Crippen LogP contribution < -0.4 is 11.2 Å². The van der Waals surface area contributed by atoms with E-state index in [1.54, 1.807) is 29.9 Å². The molecule has 2 heterocycles. The molecule has 2 aromatic heterocycles. The molecule has 1 N–H and O–H groups in total. The van der Waals surface area contributed by atoms with E-state index >= 15 is 0 Å². The van der Waals surface area contributed by atoms with Crippen LogP contribution in [0.25, 0.3) is 22.2 Å². The Labute approximate surface area is 130 Å². The molecule has 0 atom stereocenters. The van der Waals surface area contributed by atoms with E-state index in [0.29, 0.717) is 22.2 Å². The third kappa shape index (κ3) is 2.29. The van der Waals surface area contributed by atoms with Crippen LogP contribution in [0, 0.1) is 5.82 Å². The summed E-state index contributed by atoms with van der Waals surface area (Å²) in [6, 6.07) is 5.76. The molecule has 0 spiro atoms. The minimum Gasteiger partial charge on any atom is -0.395 e. The highest BCUT2D eigenvalue weighted by molar-refractivity contribution is 5.93. The third-order valence-corrected chi connectivity index (χ3v) is 3.97. The number of hydrogen-bond donors (Lipinski definition) is 1. The number of hydrogen-bond acceptors (Lipinski definition) is 3. The minimum absolute atomic E-state index is 0.122. The van der Waals surface area contributed by atoms with Crippen LogP contribution in [0.5, 0.6) is 0 Å². The predicted molar refractivity (Wildman–Crippen MR) is 84.9 cm³/mol. The first-order valence-corrected chi connectivity index (χ1v) is 7.11. The van der Waals surface area contributed by atoms with Gasteiger partial charge < -0.3 is 9.67 Å². The van der Waals surface area contributed by atoms with E-state index in [4.69, 9.17) is 0 Å². The zero-order chi connectivity index (χ0) is 16.7. The number of benzene rings is 1. The second kappa shape index (κ2) is 5.51. The van der Waals surface area contributed by atoms with Gasteiger partial charge in [0.1, 0.15) is 5.82 Å². The average Bonchev–Trinajstić information content (AvgIpc) is 2.91. The Balaban J connectivity index is 2.48. The number of halogens is 1. The first-order chi connectivity index (χ1) is 11.0. The van der Waals surface area contributed by atoms with E-state index in [0.717, 1.165) is 4.57 Å². The van der Waals surface area contributed by atoms with Crippen molar-refractivity contribution in [3.63, 3.8) is 0 Å². The summed E-state index contributed by atoms with van der Waals surface area (Å²) in [5, 5.41) is 9.65. The van der Waals surface area contributed by atoms with Crippen molar-refractivity contribution in [3.8, 4) is 11.3 Å². The zero-order valence-electron chi connectivity index (χ0n) is 12.8. The van der Waals surface area contributed by atoms with Gasteiger partial charge >= 0.3 is 5.69 Å². The summed E-state index contributed by atoms with van der Waals surface area (Å²) in [6.45, 7) is 0.141. The van der Waals surface area contributed by atoms with Gasteiger partial charge in [-0.05, 0) is 29.8 Å². The molecule has 1 aromatic carbocycles. The topological polar surface area (TPSA) is 69.2 Å². The summed E-state index contributed by atoms with van der Waals surface area (Å²) < 4.78 is 17.3. The van der Waals surface area contributed by atoms with Gasteiger partial charge in [-0.25, -0.2) is 9.18 Å². The number of aryl methyl sites for hydroxylation is 1. The maximum absolute atomic E-state index is 13.2. The predicted octanol–water partition coefficient (Wildman–Crippen LogP) is 0.837. The highest BCUT2D eigenvalue weighted by atomic mass is 19.1. The largest absolute Gasteiger partial charge is 0.395 e. The van der Waals surface area contributed by atoms with Crippen molar-refractivity contribution in [1.29, 1.82) is 0 Å². The molecule has 3 aromatic rings. The van der Waals surface area contributed by atoms with Crippen LogP contribution in [0.3, 0.4) is 0 Å². The van der Waals surface area contributed by atoms with Crippen molar-refractivity contribution < 1.29 is 9.50 Å². The van der Waals surface area contributed by atoms with Crippen molar-refractivity contribution in [3.05, 3.63) is 57.1 Å². The van der Waals surface area contributed by atoms with E-state index in [1.165, 1.54) is 23.7 Å². The quantitative estimate of drug-likeness (QED) is 0.778. The average molecular weight is 317 g/mol. The zero-order valence-corrected chi connectivity index (χ0v) is 12.8. The molecule has 3 rings (SSSR count). The Kier molecular flexibility index (Phi) is 3.65. The lowest BCUT2D eigenvalue weighted by atomic mass is 10.1. The van der Waals surface area contributed by atoms with E-state index in [2.05, 4.69) is 0 Å². The van der Waals surface area contributed by atoms with Gasteiger partial charge in [-0.2, -0.15) is 0 Å². The lowest BCUT2D eigenvalue weighted by molar-refractivity contribution is 0.277. The Morgan fingerprint density at radius 1 is 1.09 bits per heavy atom. The molecule has 7 heteroatoms. The van der Waals surface area contributed by atoms with E-state index in [-0.39, 0.29) is 19.0 Å². The number of fused-ring (bicyclic) bond motifs is 1. The standard InChI is InChI=1S/C16H16FN3O3/c1-18-12-9-20(7-8-21)14(10-3-5-11(17)6-4-10)13(12)15(22)19(2)16(18)23/h3-6,9,21H,7-8H2,1-2H3. The van der Waals surface area contributed by atoms with Crippen molar-refractivity contribution in [2.45, 2.75) is 6.54 Å². The first kappa shape index (κ1) is 15.2. The summed E-state index contributed by atoms with van der Waals surface area (Å²) in [5.74, 6) is -0.376. The molecule has 0 bridgehead atoms. The third-order valence-electron chi connectivity index (χ3n) is 3.97. The van der Waals surface area contributed by atoms with Gasteiger partial charge in [0, 0.05) is 26.8 Å². The van der Waals surface area contributed by atoms with Gasteiger partial charge in [0.05, 0.1) is 23.2 Å². The van der Waals surface area contributed by atoms with Crippen LogP contribution in [-0.2, 0) is 20.6 Å². The fourth-order valence-corrected chi connectivity index (χ4v) is 2.79. The molecule has 120 valence electrons. The minimum atomic E-state index is -0.422. The molecule has 0 fully saturated rings. The van der Waals surface area contributed by atoms with E-state index in [9.17, 15) is 19.1 Å². The van der Waals surface area contributed by atoms with Crippen molar-refractivity contribution in [2.75, 3.05) is 6.61 Å². The van der Waals surface area contributed by atoms with Gasteiger partial charge in [-0.15, -0.1) is 0 Å². The van der Waals surface area contributed by atoms with Gasteiger partial charge in [-0.3, -0.25) is 13.9 Å². The molecule has 0 saturated carbocycles. The monoisotopic (exact) mass is 317 g/mol. The number of nitrogens with zero attached hydrogens (tertiary/aromatic N) is 3. The van der Waals surface area contributed by atoms with E-state index < -0.39 is 11.2 Å². The molecule has 0 unspecified atom stereocenters. The molecule has 0 aliphatic rings. The van der Waals surface area contributed by atoms with Gasteiger partial charge in [-0.1, -0.05) is 0 Å². The van der Waals surface area contributed by atoms with Crippen LogP contribution in [0.1, 0.15) is 0 Å². The number of aliphatic hydroxyl groups excluding tert-OH is 1. The molecule has 0 aliphatic heterocycles. The Morgan fingerprint density at radius 3 is 2.35 bits per heavy atom. The van der Waals surface area contributed by atoms with Gasteiger partial charge in [0.2, 0.25) is 0 Å². The Morgan fingerprint density at radius 2 is 1.74 bits per heavy atom. The SMILES string of the molecule is Cn1c(=O)c2c(-c3ccc(F)cc3)n(CCO)cc2n(C)c1=O. The Hall–Kier alpha value is -2.67. The maximum atomic E-state index is 13.2. The molecule has 0 saturated heterocycles.